The van der Waals surface area contributed by atoms with Gasteiger partial charge < -0.3 is 9.84 Å². The number of pyridine rings is 1. The highest BCUT2D eigenvalue weighted by molar-refractivity contribution is 6.30. The van der Waals surface area contributed by atoms with E-state index in [9.17, 15) is 23.1 Å². The zero-order chi connectivity index (χ0) is 24.3. The van der Waals surface area contributed by atoms with Crippen LogP contribution in [0.5, 0.6) is 11.6 Å². The zero-order valence-corrected chi connectivity index (χ0v) is 19.6. The number of hydrogen-bond acceptors (Lipinski definition) is 4. The van der Waals surface area contributed by atoms with E-state index in [0.717, 1.165) is 17.8 Å². The Hall–Kier alpha value is -2.54. The van der Waals surface area contributed by atoms with Gasteiger partial charge >= 0.3 is 6.18 Å². The summed E-state index contributed by atoms with van der Waals surface area (Å²) in [6, 6.07) is 5.50. The SMILES string of the molecule is CCc1ccc(Oc2ncc(Cl)cc2C(F)(F)F)cc1C1=C(O)[C@@]2(C)CC[C@@H](C1=O)C2(C)C. The van der Waals surface area contributed by atoms with Crippen molar-refractivity contribution in [1.82, 2.24) is 4.98 Å². The van der Waals surface area contributed by atoms with Crippen molar-refractivity contribution in [2.75, 3.05) is 0 Å². The maximum atomic E-state index is 13.5. The Bertz CT molecular complexity index is 1170. The second kappa shape index (κ2) is 7.76. The summed E-state index contributed by atoms with van der Waals surface area (Å²) < 4.78 is 45.9. The van der Waals surface area contributed by atoms with Crippen molar-refractivity contribution >= 4 is 23.0 Å². The van der Waals surface area contributed by atoms with Crippen LogP contribution in [0.4, 0.5) is 13.2 Å². The number of aromatic nitrogens is 1. The molecular formula is C25H25ClF3NO3. The number of aliphatic hydroxyl groups is 1. The average molecular weight is 480 g/mol. The van der Waals surface area contributed by atoms with E-state index in [4.69, 9.17) is 16.3 Å². The predicted molar refractivity (Wildman–Crippen MR) is 119 cm³/mol. The molecule has 2 bridgehead atoms. The normalized spacial score (nSPS) is 24.4. The van der Waals surface area contributed by atoms with E-state index in [1.54, 1.807) is 6.07 Å². The van der Waals surface area contributed by atoms with E-state index >= 15 is 0 Å². The lowest BCUT2D eigenvalue weighted by molar-refractivity contribution is -0.138. The fourth-order valence-electron chi connectivity index (χ4n) is 5.19. The van der Waals surface area contributed by atoms with Crippen LogP contribution in [0.15, 0.2) is 36.2 Å². The average Bonchev–Trinajstić information content (AvgIpc) is 2.92. The van der Waals surface area contributed by atoms with Crippen LogP contribution in [0.25, 0.3) is 5.57 Å². The minimum Gasteiger partial charge on any atom is -0.511 e. The summed E-state index contributed by atoms with van der Waals surface area (Å²) in [6.07, 6.45) is -1.70. The number of carbonyl (C=O) groups excluding carboxylic acids is 1. The van der Waals surface area contributed by atoms with Gasteiger partial charge in [0.05, 0.1) is 10.6 Å². The molecule has 1 N–H and O–H groups in total. The monoisotopic (exact) mass is 479 g/mol. The van der Waals surface area contributed by atoms with Crippen molar-refractivity contribution < 1.29 is 27.8 Å². The maximum Gasteiger partial charge on any atom is 0.421 e. The van der Waals surface area contributed by atoms with Crippen LogP contribution >= 0.6 is 11.6 Å². The number of carbonyl (C=O) groups is 1. The van der Waals surface area contributed by atoms with Gasteiger partial charge in [0.2, 0.25) is 5.88 Å². The molecule has 0 aliphatic heterocycles. The lowest BCUT2D eigenvalue weighted by atomic mass is 9.58. The third kappa shape index (κ3) is 3.61. The van der Waals surface area contributed by atoms with Gasteiger partial charge in [0.25, 0.3) is 0 Å². The molecule has 2 aliphatic carbocycles. The third-order valence-corrected chi connectivity index (χ3v) is 7.82. The highest BCUT2D eigenvalue weighted by Crippen LogP contribution is 2.64. The van der Waals surface area contributed by atoms with Crippen LogP contribution < -0.4 is 4.74 Å². The van der Waals surface area contributed by atoms with Crippen molar-refractivity contribution in [3.05, 3.63) is 57.9 Å². The van der Waals surface area contributed by atoms with Crippen LogP contribution in [0.2, 0.25) is 5.02 Å². The summed E-state index contributed by atoms with van der Waals surface area (Å²) in [5.74, 6) is -0.891. The molecule has 176 valence electrons. The van der Waals surface area contributed by atoms with E-state index in [2.05, 4.69) is 4.98 Å². The lowest BCUT2D eigenvalue weighted by Crippen LogP contribution is -2.43. The van der Waals surface area contributed by atoms with Gasteiger partial charge in [-0.2, -0.15) is 13.2 Å². The summed E-state index contributed by atoms with van der Waals surface area (Å²) in [5, 5.41) is 11.1. The summed E-state index contributed by atoms with van der Waals surface area (Å²) in [6.45, 7) is 7.88. The number of aryl methyl sites for hydroxylation is 1. The molecule has 2 atom stereocenters. The van der Waals surface area contributed by atoms with Gasteiger partial charge in [0.1, 0.15) is 17.1 Å². The van der Waals surface area contributed by atoms with Crippen molar-refractivity contribution in [3.63, 3.8) is 0 Å². The van der Waals surface area contributed by atoms with Gasteiger partial charge in [-0.15, -0.1) is 0 Å². The van der Waals surface area contributed by atoms with Gasteiger partial charge in [0, 0.05) is 17.5 Å². The Morgan fingerprint density at radius 3 is 2.58 bits per heavy atom. The smallest absolute Gasteiger partial charge is 0.421 e. The molecule has 0 spiro atoms. The molecule has 1 saturated carbocycles. The molecule has 0 amide bonds. The predicted octanol–water partition coefficient (Wildman–Crippen LogP) is 7.40. The number of benzene rings is 1. The molecule has 33 heavy (non-hydrogen) atoms. The minimum absolute atomic E-state index is 0.0405. The summed E-state index contributed by atoms with van der Waals surface area (Å²) in [4.78, 5) is 17.2. The Morgan fingerprint density at radius 2 is 1.94 bits per heavy atom. The summed E-state index contributed by atoms with van der Waals surface area (Å²) in [5.41, 5.74) is -0.550. The number of Topliss-reactive ketones (excluding diaryl/α,β-unsaturated/α-hetero) is 1. The van der Waals surface area contributed by atoms with E-state index in [1.807, 2.05) is 27.7 Å². The number of allylic oxidation sites excluding steroid dienone is 2. The molecule has 8 heteroatoms. The number of halogens is 4. The second-order valence-corrected chi connectivity index (χ2v) is 9.95. The van der Waals surface area contributed by atoms with Gasteiger partial charge in [-0.3, -0.25) is 4.79 Å². The van der Waals surface area contributed by atoms with E-state index in [0.29, 0.717) is 24.8 Å². The summed E-state index contributed by atoms with van der Waals surface area (Å²) in [7, 11) is 0. The van der Waals surface area contributed by atoms with Crippen LogP contribution in [0.1, 0.15) is 57.2 Å². The topological polar surface area (TPSA) is 59.4 Å². The first-order valence-electron chi connectivity index (χ1n) is 10.8. The molecule has 1 fully saturated rings. The van der Waals surface area contributed by atoms with E-state index in [1.165, 1.54) is 12.1 Å². The van der Waals surface area contributed by atoms with Gasteiger partial charge in [-0.05, 0) is 54.0 Å². The standard InChI is InChI=1S/C25H25ClF3NO3/c1-5-13-6-7-15(33-22-18(25(27,28)29)10-14(26)12-30-22)11-16(13)19-20(31)17-8-9-24(4,21(19)32)23(17,2)3/h6-7,10-12,17,32H,5,8-9H2,1-4H3/t17-,24+/m0/s1. The zero-order valence-electron chi connectivity index (χ0n) is 18.8. The first kappa shape index (κ1) is 23.6. The number of ketones is 1. The Labute approximate surface area is 195 Å². The Balaban J connectivity index is 1.83. The third-order valence-electron chi connectivity index (χ3n) is 7.62. The fraction of sp³-hybridized carbons (Fsp3) is 0.440. The number of ether oxygens (including phenoxy) is 1. The van der Waals surface area contributed by atoms with Crippen LogP contribution in [0, 0.1) is 16.7 Å². The first-order valence-corrected chi connectivity index (χ1v) is 11.2. The van der Waals surface area contributed by atoms with Crippen molar-refractivity contribution in [3.8, 4) is 11.6 Å². The molecule has 0 saturated heterocycles. The first-order chi connectivity index (χ1) is 15.3. The number of alkyl halides is 3. The number of hydrogen-bond donors (Lipinski definition) is 1. The summed E-state index contributed by atoms with van der Waals surface area (Å²) >= 11 is 5.70. The molecule has 0 radical (unpaired) electrons. The van der Waals surface area contributed by atoms with Crippen LogP contribution in [-0.2, 0) is 17.4 Å². The van der Waals surface area contributed by atoms with Crippen molar-refractivity contribution in [2.24, 2.45) is 16.7 Å². The number of fused-ring (bicyclic) bond motifs is 2. The number of rotatable bonds is 4. The number of aliphatic hydroxyl groups excluding tert-OH is 1. The van der Waals surface area contributed by atoms with Crippen LogP contribution in [0.3, 0.4) is 0 Å². The quantitative estimate of drug-likeness (QED) is 0.496. The fourth-order valence-corrected chi connectivity index (χ4v) is 5.35. The molecule has 1 aromatic heterocycles. The highest BCUT2D eigenvalue weighted by Gasteiger charge is 2.61. The van der Waals surface area contributed by atoms with Gasteiger partial charge in [-0.25, -0.2) is 4.98 Å². The number of nitrogens with zero attached hydrogens (tertiary/aromatic N) is 1. The Morgan fingerprint density at radius 1 is 1.24 bits per heavy atom. The molecule has 0 unspecified atom stereocenters. The van der Waals surface area contributed by atoms with Crippen molar-refractivity contribution in [1.29, 1.82) is 0 Å². The lowest BCUT2D eigenvalue weighted by Gasteiger charge is -2.45. The largest absolute Gasteiger partial charge is 0.511 e. The molecule has 1 aromatic carbocycles. The molecule has 4 rings (SSSR count). The molecule has 4 nitrogen and oxygen atoms in total. The minimum atomic E-state index is -4.71. The Kier molecular flexibility index (Phi) is 5.55. The molecular weight excluding hydrogens is 455 g/mol. The second-order valence-electron chi connectivity index (χ2n) is 9.51. The van der Waals surface area contributed by atoms with Crippen LogP contribution in [-0.4, -0.2) is 15.9 Å². The van der Waals surface area contributed by atoms with E-state index in [-0.39, 0.29) is 33.8 Å². The highest BCUT2D eigenvalue weighted by atomic mass is 35.5. The molecule has 1 heterocycles. The maximum absolute atomic E-state index is 13.5. The van der Waals surface area contributed by atoms with Gasteiger partial charge in [-0.1, -0.05) is 45.4 Å². The van der Waals surface area contributed by atoms with Crippen molar-refractivity contribution in [2.45, 2.75) is 53.1 Å². The van der Waals surface area contributed by atoms with E-state index < -0.39 is 28.4 Å². The molecule has 2 aromatic rings. The molecule has 2 aliphatic rings. The van der Waals surface area contributed by atoms with Gasteiger partial charge in [0.15, 0.2) is 5.78 Å².